The minimum atomic E-state index is -2.93. The van der Waals surface area contributed by atoms with Gasteiger partial charge in [-0.3, -0.25) is 10.1 Å². The molecule has 2 rings (SSSR count). The molecular formula is C15H12F2N2O4. The van der Waals surface area contributed by atoms with Gasteiger partial charge in [0.2, 0.25) is 0 Å². The lowest BCUT2D eigenvalue weighted by molar-refractivity contribution is -0.384. The molecule has 0 saturated carbocycles. The summed E-state index contributed by atoms with van der Waals surface area (Å²) in [6.45, 7) is -2.84. The third kappa shape index (κ3) is 5.03. The Morgan fingerprint density at radius 2 is 1.87 bits per heavy atom. The second kappa shape index (κ2) is 7.83. The molecule has 0 heterocycles. The molecule has 0 radical (unpaired) electrons. The first-order valence-corrected chi connectivity index (χ1v) is 6.49. The SMILES string of the molecule is O=[N+]([O-])c1ccc(CO/N=C/c2ccccc2OC(F)F)cc1. The van der Waals surface area contributed by atoms with E-state index in [9.17, 15) is 18.9 Å². The zero-order valence-corrected chi connectivity index (χ0v) is 11.8. The van der Waals surface area contributed by atoms with Crippen molar-refractivity contribution in [1.29, 1.82) is 0 Å². The molecule has 0 spiro atoms. The molecule has 0 saturated heterocycles. The van der Waals surface area contributed by atoms with Gasteiger partial charge >= 0.3 is 6.61 Å². The molecule has 0 fully saturated rings. The summed E-state index contributed by atoms with van der Waals surface area (Å²) in [5, 5.41) is 14.2. The van der Waals surface area contributed by atoms with E-state index in [4.69, 9.17) is 4.84 Å². The number of non-ortho nitro benzene ring substituents is 1. The second-order valence-corrected chi connectivity index (χ2v) is 4.35. The Hall–Kier alpha value is -3.03. The standard InChI is InChI=1S/C15H12F2N2O4/c16-15(17)23-14-4-2-1-3-12(14)9-18-22-10-11-5-7-13(8-6-11)19(20)21/h1-9,15H,10H2/b18-9+. The maximum atomic E-state index is 12.3. The quantitative estimate of drug-likeness (QED) is 0.442. The number of halogens is 2. The first kappa shape index (κ1) is 16.3. The largest absolute Gasteiger partial charge is 0.434 e. The Morgan fingerprint density at radius 1 is 1.17 bits per heavy atom. The van der Waals surface area contributed by atoms with E-state index < -0.39 is 11.5 Å². The van der Waals surface area contributed by atoms with Gasteiger partial charge in [-0.1, -0.05) is 17.3 Å². The van der Waals surface area contributed by atoms with E-state index in [0.717, 1.165) is 0 Å². The number of benzene rings is 2. The van der Waals surface area contributed by atoms with Crippen molar-refractivity contribution in [2.24, 2.45) is 5.16 Å². The van der Waals surface area contributed by atoms with E-state index in [2.05, 4.69) is 9.89 Å². The van der Waals surface area contributed by atoms with E-state index in [0.29, 0.717) is 11.1 Å². The van der Waals surface area contributed by atoms with Gasteiger partial charge in [0.25, 0.3) is 5.69 Å². The van der Waals surface area contributed by atoms with Crippen LogP contribution in [-0.4, -0.2) is 17.7 Å². The molecule has 0 bridgehead atoms. The summed E-state index contributed by atoms with van der Waals surface area (Å²) < 4.78 is 28.9. The summed E-state index contributed by atoms with van der Waals surface area (Å²) in [6, 6.07) is 12.0. The summed E-state index contributed by atoms with van der Waals surface area (Å²) >= 11 is 0. The van der Waals surface area contributed by atoms with Gasteiger partial charge < -0.3 is 9.57 Å². The second-order valence-electron chi connectivity index (χ2n) is 4.35. The molecule has 0 N–H and O–H groups in total. The molecule has 0 amide bonds. The molecule has 0 aliphatic carbocycles. The highest BCUT2D eigenvalue weighted by atomic mass is 19.3. The number of nitro groups is 1. The lowest BCUT2D eigenvalue weighted by Crippen LogP contribution is -2.04. The molecule has 0 aliphatic heterocycles. The van der Waals surface area contributed by atoms with Crippen LogP contribution in [0, 0.1) is 10.1 Å². The van der Waals surface area contributed by atoms with Crippen LogP contribution in [-0.2, 0) is 11.4 Å². The number of para-hydroxylation sites is 1. The maximum absolute atomic E-state index is 12.3. The van der Waals surface area contributed by atoms with Crippen molar-refractivity contribution in [1.82, 2.24) is 0 Å². The summed E-state index contributed by atoms with van der Waals surface area (Å²) in [6.07, 6.45) is 1.25. The van der Waals surface area contributed by atoms with Crippen LogP contribution in [0.2, 0.25) is 0 Å². The Balaban J connectivity index is 1.93. The number of hydrogen-bond donors (Lipinski definition) is 0. The average Bonchev–Trinajstić information content (AvgIpc) is 2.53. The van der Waals surface area contributed by atoms with Crippen molar-refractivity contribution >= 4 is 11.9 Å². The van der Waals surface area contributed by atoms with Crippen molar-refractivity contribution in [3.8, 4) is 5.75 Å². The molecule has 120 valence electrons. The van der Waals surface area contributed by atoms with Gasteiger partial charge in [-0.25, -0.2) is 0 Å². The predicted molar refractivity (Wildman–Crippen MR) is 78.6 cm³/mol. The summed E-state index contributed by atoms with van der Waals surface area (Å²) in [5.41, 5.74) is 1.01. The molecule has 23 heavy (non-hydrogen) atoms. The Kier molecular flexibility index (Phi) is 5.56. The average molecular weight is 322 g/mol. The molecule has 6 nitrogen and oxygen atoms in total. The topological polar surface area (TPSA) is 74.0 Å². The fourth-order valence-electron chi connectivity index (χ4n) is 1.71. The molecule has 2 aromatic carbocycles. The smallest absolute Gasteiger partial charge is 0.387 e. The Labute approximate surface area is 130 Å². The van der Waals surface area contributed by atoms with Gasteiger partial charge in [0, 0.05) is 17.7 Å². The molecule has 0 unspecified atom stereocenters. The van der Waals surface area contributed by atoms with Gasteiger partial charge in [-0.2, -0.15) is 8.78 Å². The molecule has 2 aromatic rings. The number of alkyl halides is 2. The zero-order valence-electron chi connectivity index (χ0n) is 11.8. The van der Waals surface area contributed by atoms with E-state index in [1.54, 1.807) is 30.3 Å². The van der Waals surface area contributed by atoms with Crippen LogP contribution in [0.5, 0.6) is 5.75 Å². The molecular weight excluding hydrogens is 310 g/mol. The van der Waals surface area contributed by atoms with E-state index in [1.165, 1.54) is 24.4 Å². The van der Waals surface area contributed by atoms with Gasteiger partial charge in [0.15, 0.2) is 0 Å². The number of nitrogens with zero attached hydrogens (tertiary/aromatic N) is 2. The fourth-order valence-corrected chi connectivity index (χ4v) is 1.71. The highest BCUT2D eigenvalue weighted by molar-refractivity contribution is 5.83. The van der Waals surface area contributed by atoms with Gasteiger partial charge in [-0.15, -0.1) is 0 Å². The van der Waals surface area contributed by atoms with E-state index >= 15 is 0 Å². The first-order chi connectivity index (χ1) is 11.1. The van der Waals surface area contributed by atoms with Gasteiger partial charge in [0.05, 0.1) is 11.1 Å². The van der Waals surface area contributed by atoms with Crippen molar-refractivity contribution in [3.63, 3.8) is 0 Å². The Morgan fingerprint density at radius 3 is 2.52 bits per heavy atom. The third-order valence-electron chi connectivity index (χ3n) is 2.78. The highest BCUT2D eigenvalue weighted by Gasteiger charge is 2.07. The molecule has 0 atom stereocenters. The van der Waals surface area contributed by atoms with E-state index in [1.807, 2.05) is 0 Å². The summed E-state index contributed by atoms with van der Waals surface area (Å²) in [5.74, 6) is -0.00909. The van der Waals surface area contributed by atoms with Crippen LogP contribution in [0.3, 0.4) is 0 Å². The highest BCUT2D eigenvalue weighted by Crippen LogP contribution is 2.18. The number of hydrogen-bond acceptors (Lipinski definition) is 5. The van der Waals surface area contributed by atoms with Gasteiger partial charge in [-0.05, 0) is 29.8 Å². The summed E-state index contributed by atoms with van der Waals surface area (Å²) in [4.78, 5) is 15.1. The molecule has 0 aliphatic rings. The minimum absolute atomic E-state index is 0.00909. The molecule has 8 heteroatoms. The number of oxime groups is 1. The number of nitro benzene ring substituents is 1. The fraction of sp³-hybridized carbons (Fsp3) is 0.133. The zero-order chi connectivity index (χ0) is 16.7. The predicted octanol–water partition coefficient (Wildman–Crippen LogP) is 3.75. The third-order valence-corrected chi connectivity index (χ3v) is 2.78. The maximum Gasteiger partial charge on any atom is 0.387 e. The Bertz CT molecular complexity index is 690. The van der Waals surface area contributed by atoms with Crippen LogP contribution in [0.15, 0.2) is 53.7 Å². The normalized spacial score (nSPS) is 10.9. The van der Waals surface area contributed by atoms with Crippen molar-refractivity contribution in [3.05, 3.63) is 69.8 Å². The first-order valence-electron chi connectivity index (χ1n) is 6.49. The number of rotatable bonds is 7. The number of ether oxygens (including phenoxy) is 1. The monoisotopic (exact) mass is 322 g/mol. The van der Waals surface area contributed by atoms with Crippen molar-refractivity contribution in [2.75, 3.05) is 0 Å². The van der Waals surface area contributed by atoms with Crippen molar-refractivity contribution < 1.29 is 23.3 Å². The van der Waals surface area contributed by atoms with Crippen LogP contribution in [0.25, 0.3) is 0 Å². The van der Waals surface area contributed by atoms with E-state index in [-0.39, 0.29) is 18.0 Å². The molecule has 0 aromatic heterocycles. The van der Waals surface area contributed by atoms with Crippen LogP contribution in [0.4, 0.5) is 14.5 Å². The summed E-state index contributed by atoms with van der Waals surface area (Å²) in [7, 11) is 0. The van der Waals surface area contributed by atoms with Crippen LogP contribution in [0.1, 0.15) is 11.1 Å². The van der Waals surface area contributed by atoms with Crippen molar-refractivity contribution in [2.45, 2.75) is 13.2 Å². The van der Waals surface area contributed by atoms with Crippen LogP contribution < -0.4 is 4.74 Å². The lowest BCUT2D eigenvalue weighted by atomic mass is 10.2. The minimum Gasteiger partial charge on any atom is -0.434 e. The lowest BCUT2D eigenvalue weighted by Gasteiger charge is -2.06. The van der Waals surface area contributed by atoms with Gasteiger partial charge in [0.1, 0.15) is 12.4 Å². The van der Waals surface area contributed by atoms with Crippen LogP contribution >= 0.6 is 0 Å².